The Labute approximate surface area is 122 Å². The lowest BCUT2D eigenvalue weighted by molar-refractivity contribution is 0.516. The van der Waals surface area contributed by atoms with Crippen molar-refractivity contribution in [3.8, 4) is 0 Å². The van der Waals surface area contributed by atoms with Crippen molar-refractivity contribution in [2.24, 2.45) is 0 Å². The van der Waals surface area contributed by atoms with Gasteiger partial charge in [0.15, 0.2) is 0 Å². The molecule has 3 heteroatoms. The quantitative estimate of drug-likeness (QED) is 0.595. The van der Waals surface area contributed by atoms with E-state index in [1.807, 2.05) is 0 Å². The molecule has 0 amide bonds. The van der Waals surface area contributed by atoms with Gasteiger partial charge in [0.05, 0.1) is 0 Å². The van der Waals surface area contributed by atoms with Gasteiger partial charge in [-0.25, -0.2) is 0 Å². The van der Waals surface area contributed by atoms with E-state index in [1.54, 1.807) is 0 Å². The minimum Gasteiger partial charge on any atom is -0.544 e. The lowest BCUT2D eigenvalue weighted by Crippen LogP contribution is -2.24. The van der Waals surface area contributed by atoms with E-state index in [4.69, 9.17) is 4.43 Å². The SMILES string of the molecule is C=C(O[Si](C)(C)C)c1ccc2cc(N(C)C)ccc2c1. The third-order valence-electron chi connectivity index (χ3n) is 3.09. The second kappa shape index (κ2) is 5.33. The summed E-state index contributed by atoms with van der Waals surface area (Å²) in [5, 5.41) is 2.45. The third kappa shape index (κ3) is 3.42. The van der Waals surface area contributed by atoms with Gasteiger partial charge in [0.1, 0.15) is 5.76 Å². The highest BCUT2D eigenvalue weighted by Crippen LogP contribution is 2.26. The number of rotatable bonds is 4. The largest absolute Gasteiger partial charge is 0.544 e. The molecular formula is C17H23NOSi. The fourth-order valence-electron chi connectivity index (χ4n) is 2.11. The van der Waals surface area contributed by atoms with Crippen LogP contribution in [-0.2, 0) is 4.43 Å². The lowest BCUT2D eigenvalue weighted by Gasteiger charge is -2.21. The summed E-state index contributed by atoms with van der Waals surface area (Å²) in [5.41, 5.74) is 2.28. The van der Waals surface area contributed by atoms with Gasteiger partial charge in [-0.1, -0.05) is 24.8 Å². The molecule has 0 saturated heterocycles. The van der Waals surface area contributed by atoms with Gasteiger partial charge in [-0.3, -0.25) is 0 Å². The zero-order valence-corrected chi connectivity index (χ0v) is 14.0. The highest BCUT2D eigenvalue weighted by atomic mass is 28.4. The van der Waals surface area contributed by atoms with Crippen molar-refractivity contribution in [1.29, 1.82) is 0 Å². The van der Waals surface area contributed by atoms with Crippen LogP contribution in [0.3, 0.4) is 0 Å². The molecule has 0 heterocycles. The van der Waals surface area contributed by atoms with Crippen LogP contribution in [0.5, 0.6) is 0 Å². The third-order valence-corrected chi connectivity index (χ3v) is 3.95. The summed E-state index contributed by atoms with van der Waals surface area (Å²) < 4.78 is 5.97. The zero-order valence-electron chi connectivity index (χ0n) is 13.0. The van der Waals surface area contributed by atoms with Gasteiger partial charge in [0, 0.05) is 25.3 Å². The molecule has 2 rings (SSSR count). The molecule has 0 bridgehead atoms. The van der Waals surface area contributed by atoms with Crippen LogP contribution in [0.25, 0.3) is 16.5 Å². The maximum absolute atomic E-state index is 5.97. The molecule has 0 radical (unpaired) electrons. The van der Waals surface area contributed by atoms with Crippen LogP contribution >= 0.6 is 0 Å². The second-order valence-electron chi connectivity index (χ2n) is 6.28. The van der Waals surface area contributed by atoms with Gasteiger partial charge in [-0.15, -0.1) is 0 Å². The van der Waals surface area contributed by atoms with E-state index < -0.39 is 8.32 Å². The van der Waals surface area contributed by atoms with E-state index in [2.05, 4.69) is 81.6 Å². The molecule has 0 saturated carbocycles. The number of nitrogens with zero attached hydrogens (tertiary/aromatic N) is 1. The maximum Gasteiger partial charge on any atom is 0.242 e. The molecule has 0 aliphatic heterocycles. The molecule has 0 aromatic heterocycles. The molecule has 2 aromatic rings. The number of hydrogen-bond acceptors (Lipinski definition) is 2. The average Bonchev–Trinajstić information content (AvgIpc) is 2.35. The van der Waals surface area contributed by atoms with Crippen LogP contribution in [0.1, 0.15) is 5.56 Å². The Morgan fingerprint density at radius 3 is 2.20 bits per heavy atom. The molecule has 0 aliphatic carbocycles. The van der Waals surface area contributed by atoms with Crippen molar-refractivity contribution in [1.82, 2.24) is 0 Å². The van der Waals surface area contributed by atoms with E-state index in [9.17, 15) is 0 Å². The van der Waals surface area contributed by atoms with Gasteiger partial charge >= 0.3 is 0 Å². The van der Waals surface area contributed by atoms with Crippen LogP contribution in [0.2, 0.25) is 19.6 Å². The molecule has 2 nitrogen and oxygen atoms in total. The first kappa shape index (κ1) is 14.7. The monoisotopic (exact) mass is 285 g/mol. The molecule has 0 unspecified atom stereocenters. The molecule has 0 atom stereocenters. The number of anilines is 1. The predicted octanol–water partition coefficient (Wildman–Crippen LogP) is 4.73. The Hall–Kier alpha value is -1.74. The minimum atomic E-state index is -1.60. The summed E-state index contributed by atoms with van der Waals surface area (Å²) >= 11 is 0. The molecule has 0 aliphatic rings. The Bertz CT molecular complexity index is 641. The first-order valence-corrected chi connectivity index (χ1v) is 10.3. The van der Waals surface area contributed by atoms with Crippen LogP contribution in [0.4, 0.5) is 5.69 Å². The van der Waals surface area contributed by atoms with Gasteiger partial charge in [-0.2, -0.15) is 0 Å². The molecule has 20 heavy (non-hydrogen) atoms. The van der Waals surface area contributed by atoms with Crippen LogP contribution in [0, 0.1) is 0 Å². The lowest BCUT2D eigenvalue weighted by atomic mass is 10.1. The Kier molecular flexibility index (Phi) is 3.91. The van der Waals surface area contributed by atoms with Crippen molar-refractivity contribution < 1.29 is 4.43 Å². The molecule has 0 fully saturated rings. The Balaban J connectivity index is 2.35. The number of fused-ring (bicyclic) bond motifs is 1. The molecule has 0 N–H and O–H groups in total. The van der Waals surface area contributed by atoms with Crippen LogP contribution in [0.15, 0.2) is 43.0 Å². The van der Waals surface area contributed by atoms with Gasteiger partial charge in [-0.05, 0) is 48.6 Å². The molecule has 0 spiro atoms. The molecule has 2 aromatic carbocycles. The van der Waals surface area contributed by atoms with Gasteiger partial charge in [0.25, 0.3) is 0 Å². The first-order chi connectivity index (χ1) is 9.26. The zero-order chi connectivity index (χ0) is 14.9. The Morgan fingerprint density at radius 2 is 1.60 bits per heavy atom. The second-order valence-corrected chi connectivity index (χ2v) is 10.7. The van der Waals surface area contributed by atoms with Crippen molar-refractivity contribution in [3.63, 3.8) is 0 Å². The highest BCUT2D eigenvalue weighted by molar-refractivity contribution is 6.70. The first-order valence-electron chi connectivity index (χ1n) is 6.86. The summed E-state index contributed by atoms with van der Waals surface area (Å²) in [4.78, 5) is 2.11. The topological polar surface area (TPSA) is 12.5 Å². The van der Waals surface area contributed by atoms with Crippen molar-refractivity contribution >= 4 is 30.5 Å². The average molecular weight is 285 g/mol. The fraction of sp³-hybridized carbons (Fsp3) is 0.294. The van der Waals surface area contributed by atoms with Gasteiger partial charge < -0.3 is 9.33 Å². The maximum atomic E-state index is 5.97. The summed E-state index contributed by atoms with van der Waals surface area (Å²) in [5.74, 6) is 0.780. The van der Waals surface area contributed by atoms with E-state index in [0.717, 1.165) is 11.3 Å². The minimum absolute atomic E-state index is 0.780. The summed E-state index contributed by atoms with van der Waals surface area (Å²) in [6, 6.07) is 12.9. The van der Waals surface area contributed by atoms with Crippen molar-refractivity contribution in [2.45, 2.75) is 19.6 Å². The fourth-order valence-corrected chi connectivity index (χ4v) is 2.97. The van der Waals surface area contributed by atoms with E-state index in [0.29, 0.717) is 0 Å². The van der Waals surface area contributed by atoms with Crippen LogP contribution < -0.4 is 4.90 Å². The summed E-state index contributed by atoms with van der Waals surface area (Å²) in [6.45, 7) is 10.6. The summed E-state index contributed by atoms with van der Waals surface area (Å²) in [6.07, 6.45) is 0. The normalized spacial score (nSPS) is 11.4. The summed E-state index contributed by atoms with van der Waals surface area (Å²) in [7, 11) is 2.51. The predicted molar refractivity (Wildman–Crippen MR) is 91.7 cm³/mol. The highest BCUT2D eigenvalue weighted by Gasteiger charge is 2.17. The standard InChI is InChI=1S/C17H23NOSi/c1-13(19-20(4,5)6)14-7-8-16-12-17(18(2)3)10-9-15(16)11-14/h7-12H,1H2,2-6H3. The smallest absolute Gasteiger partial charge is 0.242 e. The van der Waals surface area contributed by atoms with Gasteiger partial charge in [0.2, 0.25) is 8.32 Å². The molecule has 106 valence electrons. The van der Waals surface area contributed by atoms with Crippen molar-refractivity contribution in [3.05, 3.63) is 48.5 Å². The molecular weight excluding hydrogens is 262 g/mol. The number of hydrogen-bond donors (Lipinski definition) is 0. The van der Waals surface area contributed by atoms with E-state index in [1.165, 1.54) is 16.5 Å². The van der Waals surface area contributed by atoms with E-state index in [-0.39, 0.29) is 0 Å². The van der Waals surface area contributed by atoms with E-state index >= 15 is 0 Å². The number of benzene rings is 2. The Morgan fingerprint density at radius 1 is 1.00 bits per heavy atom. The van der Waals surface area contributed by atoms with Crippen molar-refractivity contribution in [2.75, 3.05) is 19.0 Å². The van der Waals surface area contributed by atoms with Crippen LogP contribution in [-0.4, -0.2) is 22.4 Å².